The number of rotatable bonds is 10. The quantitative estimate of drug-likeness (QED) is 0.0656. The number of fused-ring (bicyclic) bond motifs is 9. The van der Waals surface area contributed by atoms with E-state index in [2.05, 4.69) is 139 Å². The molecule has 8 N–H and O–H groups in total. The number of nitrogens with two attached hydrogens (primary N) is 1. The predicted molar refractivity (Wildman–Crippen MR) is 311 cm³/mol. The number of aliphatic hydroxyl groups excluding tert-OH is 1. The van der Waals surface area contributed by atoms with Gasteiger partial charge in [0.15, 0.2) is 5.06 Å². The van der Waals surface area contributed by atoms with E-state index in [9.17, 15) is 14.7 Å². The first kappa shape index (κ1) is 54.2. The summed E-state index contributed by atoms with van der Waals surface area (Å²) in [4.78, 5) is 37.8. The molecule has 0 aliphatic heterocycles. The van der Waals surface area contributed by atoms with Crippen molar-refractivity contribution >= 4 is 126 Å². The van der Waals surface area contributed by atoms with Gasteiger partial charge in [-0.25, -0.2) is 9.59 Å². The third-order valence-electron chi connectivity index (χ3n) is 13.7. The van der Waals surface area contributed by atoms with Gasteiger partial charge < -0.3 is 50.6 Å². The molecule has 74 heavy (non-hydrogen) atoms. The summed E-state index contributed by atoms with van der Waals surface area (Å²) in [6.07, 6.45) is 10.4. The van der Waals surface area contributed by atoms with Crippen LogP contribution in [0.25, 0.3) is 32.7 Å². The molecular weight excluding hydrogens is 1190 g/mol. The number of carbonyl (C=O) groups is 2. The van der Waals surface area contributed by atoms with Crippen LogP contribution in [0.3, 0.4) is 0 Å². The standard InChI is InChI=1S/C19H19BrN2O2S.C18H19BrN2OS.C12H13BrN2.C7H8O3S/c1-24-19(23)17-8-6-12(25-17)10-21-16-4-2-3-13-14-9-11(20)5-7-15(14)22-18(13)16;19-11-4-7-16-15(8-11)14-2-1-3-17(18(14)21-16)20-9-12-5-6-13(10-22)23-12;13-7-4-5-11-9(6-7)8-2-1-3-10(14)12(8)15-11;1-9-6-4-3-5(11-6)7(8)10-2/h5-9,16,21-22H,2-4,10H2,1H3;4-8,17,20-22H,1-3,9-10H2;4-6,10,15H,1-3,14H2;3-4H,1-2H3/t16-;17-;10-;/m111./s1. The number of aliphatic hydroxyl groups is 1. The fourth-order valence-corrected chi connectivity index (χ4v) is 13.6. The fourth-order valence-electron chi connectivity index (χ4n) is 10.1. The summed E-state index contributed by atoms with van der Waals surface area (Å²) < 4.78 is 17.6. The third-order valence-corrected chi connectivity index (χ3v) is 18.3. The number of H-pyrrole nitrogens is 3. The molecule has 18 heteroatoms. The Kier molecular flexibility index (Phi) is 18.3. The molecule has 0 fully saturated rings. The molecular formula is C56H59Br3N6O6S3. The lowest BCUT2D eigenvalue weighted by Gasteiger charge is -2.23. The van der Waals surface area contributed by atoms with Crippen molar-refractivity contribution < 1.29 is 28.9 Å². The number of methoxy groups -OCH3 is 3. The highest BCUT2D eigenvalue weighted by molar-refractivity contribution is 9.11. The van der Waals surface area contributed by atoms with Gasteiger partial charge >= 0.3 is 11.9 Å². The molecule has 388 valence electrons. The second-order valence-electron chi connectivity index (χ2n) is 18.4. The smallest absolute Gasteiger partial charge is 0.348 e. The number of hydrogen-bond acceptors (Lipinski definition) is 12. The summed E-state index contributed by atoms with van der Waals surface area (Å²) >= 11 is 15.1. The molecule has 9 aromatic rings. The van der Waals surface area contributed by atoms with Gasteiger partial charge in [-0.1, -0.05) is 59.1 Å². The molecule has 12 rings (SSSR count). The van der Waals surface area contributed by atoms with Gasteiger partial charge in [-0.3, -0.25) is 0 Å². The maximum absolute atomic E-state index is 11.6. The molecule has 6 aromatic heterocycles. The molecule has 3 aliphatic rings. The number of hydrogen-bond donors (Lipinski definition) is 7. The summed E-state index contributed by atoms with van der Waals surface area (Å²) in [7, 11) is 4.33. The minimum Gasteiger partial charge on any atom is -0.487 e. The Morgan fingerprint density at radius 1 is 0.581 bits per heavy atom. The molecule has 0 saturated heterocycles. The van der Waals surface area contributed by atoms with Crippen LogP contribution >= 0.6 is 81.8 Å². The minimum atomic E-state index is -0.321. The van der Waals surface area contributed by atoms with E-state index in [1.165, 1.54) is 134 Å². The maximum Gasteiger partial charge on any atom is 0.348 e. The van der Waals surface area contributed by atoms with E-state index in [1.54, 1.807) is 30.6 Å². The Bertz CT molecular complexity index is 3390. The largest absolute Gasteiger partial charge is 0.487 e. The Hall–Kier alpha value is -4.60. The van der Waals surface area contributed by atoms with Gasteiger partial charge in [-0.15, -0.1) is 22.7 Å². The zero-order chi connectivity index (χ0) is 51.9. The van der Waals surface area contributed by atoms with Gasteiger partial charge in [-0.2, -0.15) is 0 Å². The Morgan fingerprint density at radius 2 is 1.01 bits per heavy atom. The first-order chi connectivity index (χ1) is 35.9. The van der Waals surface area contributed by atoms with Crippen LogP contribution in [0.1, 0.15) is 124 Å². The van der Waals surface area contributed by atoms with E-state index in [0.717, 1.165) is 68.4 Å². The van der Waals surface area contributed by atoms with E-state index in [4.69, 9.17) is 15.2 Å². The fraction of sp³-hybridized carbons (Fsp3) is 0.321. The normalized spacial score (nSPS) is 16.7. The average molecular weight is 1250 g/mol. The molecule has 3 atom stereocenters. The van der Waals surface area contributed by atoms with Gasteiger partial charge in [-0.05, 0) is 165 Å². The van der Waals surface area contributed by atoms with Crippen molar-refractivity contribution in [2.75, 3.05) is 21.3 Å². The lowest BCUT2D eigenvalue weighted by Crippen LogP contribution is -2.24. The minimum absolute atomic E-state index is 0.134. The van der Waals surface area contributed by atoms with Crippen molar-refractivity contribution in [2.45, 2.75) is 95.6 Å². The van der Waals surface area contributed by atoms with Crippen molar-refractivity contribution in [3.63, 3.8) is 0 Å². The highest BCUT2D eigenvalue weighted by atomic mass is 79.9. The molecule has 0 radical (unpaired) electrons. The predicted octanol–water partition coefficient (Wildman–Crippen LogP) is 14.4. The SMILES string of the molecule is COC(=O)c1ccc(CN[C@@H]2CCCc3c2[nH]c2ccc(Br)cc32)s1.COC(=O)c1ccc(OC)s1.N[C@@H]1CCCc2c1[nH]c1ccc(Br)cc21.OCc1ccc(CN[C@@H]2CCCc3c2[nH]c2ccc(Br)cc32)s1. The summed E-state index contributed by atoms with van der Waals surface area (Å²) in [5.74, 6) is -0.587. The van der Waals surface area contributed by atoms with Crippen LogP contribution in [0.2, 0.25) is 0 Å². The van der Waals surface area contributed by atoms with E-state index >= 15 is 0 Å². The molecule has 6 heterocycles. The van der Waals surface area contributed by atoms with Crippen molar-refractivity contribution in [1.29, 1.82) is 0 Å². The molecule has 3 aromatic carbocycles. The molecule has 0 amide bonds. The number of carbonyl (C=O) groups excluding carboxylic acids is 2. The first-order valence-corrected chi connectivity index (χ1v) is 29.5. The van der Waals surface area contributed by atoms with Crippen molar-refractivity contribution in [2.24, 2.45) is 5.73 Å². The van der Waals surface area contributed by atoms with Gasteiger partial charge in [0.25, 0.3) is 0 Å². The number of esters is 2. The molecule has 0 saturated carbocycles. The highest BCUT2D eigenvalue weighted by Crippen LogP contribution is 2.39. The van der Waals surface area contributed by atoms with E-state index in [0.29, 0.717) is 26.9 Å². The molecule has 12 nitrogen and oxygen atoms in total. The first-order valence-electron chi connectivity index (χ1n) is 24.6. The Balaban J connectivity index is 0.000000127. The Morgan fingerprint density at radius 3 is 1.49 bits per heavy atom. The third kappa shape index (κ3) is 12.6. The van der Waals surface area contributed by atoms with Crippen LogP contribution in [-0.4, -0.2) is 53.3 Å². The summed E-state index contributed by atoms with van der Waals surface area (Å²) in [6.45, 7) is 1.74. The van der Waals surface area contributed by atoms with Gasteiger partial charge in [0.1, 0.15) is 9.75 Å². The zero-order valence-corrected chi connectivity index (χ0v) is 48.5. The van der Waals surface area contributed by atoms with Gasteiger partial charge in [0.05, 0.1) is 27.9 Å². The summed E-state index contributed by atoms with van der Waals surface area (Å²) in [5, 5.41) is 21.2. The van der Waals surface area contributed by atoms with E-state index in [-0.39, 0.29) is 24.6 Å². The van der Waals surface area contributed by atoms with Crippen LogP contribution in [0.15, 0.2) is 104 Å². The molecule has 0 bridgehead atoms. The van der Waals surface area contributed by atoms with Crippen LogP contribution < -0.4 is 21.1 Å². The number of aromatic amines is 3. The van der Waals surface area contributed by atoms with Crippen LogP contribution in [0, 0.1) is 0 Å². The second-order valence-corrected chi connectivity index (χ2v) is 24.6. The number of ether oxygens (including phenoxy) is 3. The van der Waals surface area contributed by atoms with Crippen molar-refractivity contribution in [1.82, 2.24) is 25.6 Å². The van der Waals surface area contributed by atoms with Crippen molar-refractivity contribution in [3.8, 4) is 5.06 Å². The number of benzene rings is 3. The number of aromatic nitrogens is 3. The molecule has 0 unspecified atom stereocenters. The number of nitrogens with one attached hydrogen (secondary N) is 5. The van der Waals surface area contributed by atoms with E-state index in [1.807, 2.05) is 18.2 Å². The number of thiophene rings is 3. The zero-order valence-electron chi connectivity index (χ0n) is 41.3. The summed E-state index contributed by atoms with van der Waals surface area (Å²) in [5.41, 5.74) is 18.0. The van der Waals surface area contributed by atoms with Crippen LogP contribution in [0.5, 0.6) is 5.06 Å². The van der Waals surface area contributed by atoms with Crippen LogP contribution in [0.4, 0.5) is 0 Å². The number of aryl methyl sites for hydroxylation is 3. The lowest BCUT2D eigenvalue weighted by molar-refractivity contribution is 0.0597. The lowest BCUT2D eigenvalue weighted by atomic mass is 9.91. The molecule has 0 spiro atoms. The highest BCUT2D eigenvalue weighted by Gasteiger charge is 2.26. The van der Waals surface area contributed by atoms with E-state index < -0.39 is 0 Å². The summed E-state index contributed by atoms with van der Waals surface area (Å²) in [6, 6.07) is 31.5. The van der Waals surface area contributed by atoms with Crippen molar-refractivity contribution in [3.05, 3.63) is 163 Å². The maximum atomic E-state index is 11.6. The van der Waals surface area contributed by atoms with Gasteiger partial charge in [0, 0.05) is 109 Å². The van der Waals surface area contributed by atoms with Crippen LogP contribution in [-0.2, 0) is 48.4 Å². The topological polar surface area (TPSA) is 180 Å². The molecule has 3 aliphatic carbocycles. The number of halogens is 3. The Labute approximate surface area is 467 Å². The second kappa shape index (κ2) is 25.0. The average Bonchev–Trinajstić information content (AvgIpc) is 4.30. The van der Waals surface area contributed by atoms with Gasteiger partial charge in [0.2, 0.25) is 0 Å². The monoisotopic (exact) mass is 1240 g/mol.